The first-order valence-corrected chi connectivity index (χ1v) is 7.17. The van der Waals surface area contributed by atoms with Gasteiger partial charge < -0.3 is 31.5 Å². The first-order chi connectivity index (χ1) is 11.8. The van der Waals surface area contributed by atoms with Crippen molar-refractivity contribution in [1.29, 1.82) is 0 Å². The van der Waals surface area contributed by atoms with Gasteiger partial charge in [-0.15, -0.1) is 0 Å². The summed E-state index contributed by atoms with van der Waals surface area (Å²) in [5.74, 6) is -1.20. The van der Waals surface area contributed by atoms with Gasteiger partial charge in [0.25, 0.3) is 5.56 Å². The molecule has 13 nitrogen and oxygen atoms in total. The molecule has 13 heteroatoms. The topological polar surface area (TPSA) is 212 Å². The number of H-pyrrole nitrogens is 1. The fourth-order valence-corrected chi connectivity index (χ4v) is 2.82. The van der Waals surface area contributed by atoms with Crippen molar-refractivity contribution in [3.8, 4) is 0 Å². The average molecular weight is 356 g/mol. The molecule has 25 heavy (non-hydrogen) atoms. The van der Waals surface area contributed by atoms with E-state index >= 15 is 0 Å². The smallest absolute Gasteiger partial charge is 0.333 e. The van der Waals surface area contributed by atoms with Gasteiger partial charge in [-0.2, -0.15) is 4.98 Å². The number of ether oxygens (including phenoxy) is 1. The highest BCUT2D eigenvalue weighted by Crippen LogP contribution is 2.30. The molecule has 2 unspecified atom stereocenters. The minimum atomic E-state index is -1.59. The zero-order valence-corrected chi connectivity index (χ0v) is 12.7. The van der Waals surface area contributed by atoms with E-state index in [2.05, 4.69) is 9.97 Å². The van der Waals surface area contributed by atoms with E-state index in [1.165, 1.54) is 0 Å². The van der Waals surface area contributed by atoms with Gasteiger partial charge in [-0.25, -0.2) is 9.36 Å². The standard InChI is InChI=1S/C12H16N6O7/c13-4(20)1-17-5-8(15-11(14)16-9(5)23)18(12(17)24)10-7(22)6(21)3(2-19)25-10/h3,6-7,10,19,21-22H,1-2H2,(H2,13,20)(H3,14,15,16,23)/t3?,6-,7-,10?/m1/s1. The van der Waals surface area contributed by atoms with Crippen LogP contribution in [0.25, 0.3) is 11.2 Å². The van der Waals surface area contributed by atoms with E-state index in [1.54, 1.807) is 0 Å². The molecule has 0 aromatic carbocycles. The fraction of sp³-hybridized carbons (Fsp3) is 0.500. The second-order valence-electron chi connectivity index (χ2n) is 5.56. The maximum Gasteiger partial charge on any atom is 0.333 e. The van der Waals surface area contributed by atoms with Crippen molar-refractivity contribution < 1.29 is 24.9 Å². The number of nitrogens with zero attached hydrogens (tertiary/aromatic N) is 3. The lowest BCUT2D eigenvalue weighted by Gasteiger charge is -2.15. The van der Waals surface area contributed by atoms with E-state index in [9.17, 15) is 29.7 Å². The molecule has 2 aromatic heterocycles. The number of hydrogen-bond donors (Lipinski definition) is 6. The van der Waals surface area contributed by atoms with Crippen molar-refractivity contribution in [3.05, 3.63) is 20.8 Å². The molecule has 1 aliphatic rings. The minimum absolute atomic E-state index is 0.262. The number of aliphatic hydroxyl groups excluding tert-OH is 3. The van der Waals surface area contributed by atoms with Crippen LogP contribution in [0.3, 0.4) is 0 Å². The minimum Gasteiger partial charge on any atom is -0.394 e. The van der Waals surface area contributed by atoms with Crippen LogP contribution in [0.15, 0.2) is 9.59 Å². The lowest BCUT2D eigenvalue weighted by molar-refractivity contribution is -0.118. The molecule has 3 heterocycles. The summed E-state index contributed by atoms with van der Waals surface area (Å²) in [6.45, 7) is -1.23. The molecule has 2 aromatic rings. The molecule has 1 saturated heterocycles. The van der Waals surface area contributed by atoms with Crippen molar-refractivity contribution in [2.75, 3.05) is 12.3 Å². The van der Waals surface area contributed by atoms with E-state index in [0.717, 1.165) is 9.13 Å². The summed E-state index contributed by atoms with van der Waals surface area (Å²) in [4.78, 5) is 42.1. The molecule has 136 valence electrons. The number of aromatic amines is 1. The Labute approximate surface area is 138 Å². The number of aromatic nitrogens is 4. The second kappa shape index (κ2) is 5.96. The van der Waals surface area contributed by atoms with Crippen LogP contribution in [0.4, 0.5) is 5.95 Å². The molecule has 1 fully saturated rings. The maximum absolute atomic E-state index is 12.7. The Morgan fingerprint density at radius 3 is 2.56 bits per heavy atom. The second-order valence-corrected chi connectivity index (χ2v) is 5.56. The number of carbonyl (C=O) groups is 1. The summed E-state index contributed by atoms with van der Waals surface area (Å²) in [7, 11) is 0. The van der Waals surface area contributed by atoms with Crippen LogP contribution in [0.1, 0.15) is 6.23 Å². The Morgan fingerprint density at radius 2 is 2.00 bits per heavy atom. The van der Waals surface area contributed by atoms with E-state index in [-0.39, 0.29) is 17.1 Å². The quantitative estimate of drug-likeness (QED) is 0.311. The molecule has 0 saturated carbocycles. The van der Waals surface area contributed by atoms with Gasteiger partial charge in [0.1, 0.15) is 24.9 Å². The molecule has 0 bridgehead atoms. The highest BCUT2D eigenvalue weighted by Gasteiger charge is 2.45. The van der Waals surface area contributed by atoms with Gasteiger partial charge >= 0.3 is 5.69 Å². The molecule has 0 aliphatic carbocycles. The van der Waals surface area contributed by atoms with Gasteiger partial charge in [-0.3, -0.25) is 19.1 Å². The van der Waals surface area contributed by atoms with Crippen molar-refractivity contribution >= 4 is 23.0 Å². The maximum atomic E-state index is 12.7. The number of imidazole rings is 1. The Hall–Kier alpha value is -2.74. The highest BCUT2D eigenvalue weighted by atomic mass is 16.6. The monoisotopic (exact) mass is 356 g/mol. The van der Waals surface area contributed by atoms with E-state index < -0.39 is 54.8 Å². The largest absolute Gasteiger partial charge is 0.394 e. The summed E-state index contributed by atoms with van der Waals surface area (Å²) in [6.07, 6.45) is -5.67. The first-order valence-electron chi connectivity index (χ1n) is 7.17. The third kappa shape index (κ3) is 2.58. The first kappa shape index (κ1) is 17.1. The molecular weight excluding hydrogens is 340 g/mol. The number of amides is 1. The summed E-state index contributed by atoms with van der Waals surface area (Å²) in [6, 6.07) is 0. The van der Waals surface area contributed by atoms with E-state index in [4.69, 9.17) is 16.2 Å². The van der Waals surface area contributed by atoms with Gasteiger partial charge in [-0.1, -0.05) is 0 Å². The normalized spacial score (nSPS) is 26.4. The third-order valence-corrected chi connectivity index (χ3v) is 3.92. The number of nitrogens with two attached hydrogens (primary N) is 2. The lowest BCUT2D eigenvalue weighted by Crippen LogP contribution is -2.37. The van der Waals surface area contributed by atoms with Crippen LogP contribution in [0, 0.1) is 0 Å². The number of primary amides is 1. The predicted octanol–water partition coefficient (Wildman–Crippen LogP) is -4.43. The van der Waals surface area contributed by atoms with Crippen LogP contribution < -0.4 is 22.7 Å². The Bertz CT molecular complexity index is 946. The van der Waals surface area contributed by atoms with Gasteiger partial charge in [0.05, 0.1) is 6.61 Å². The Balaban J connectivity index is 2.29. The van der Waals surface area contributed by atoms with Crippen LogP contribution in [-0.4, -0.2) is 65.2 Å². The predicted molar refractivity (Wildman–Crippen MR) is 81.2 cm³/mol. The van der Waals surface area contributed by atoms with Gasteiger partial charge in [-0.05, 0) is 0 Å². The van der Waals surface area contributed by atoms with Crippen LogP contribution in [0.2, 0.25) is 0 Å². The Kier molecular flexibility index (Phi) is 4.08. The SMILES string of the molecule is NC(=O)Cn1c(=O)n(C2OC(CO)[C@@H](O)[C@H]2O)c2nc(N)[nH]c(=O)c21. The number of carbonyl (C=O) groups excluding carboxylic acids is 1. The molecule has 4 atom stereocenters. The number of nitrogens with one attached hydrogen (secondary N) is 1. The highest BCUT2D eigenvalue weighted by molar-refractivity contribution is 5.78. The van der Waals surface area contributed by atoms with Crippen LogP contribution in [0.5, 0.6) is 0 Å². The van der Waals surface area contributed by atoms with Crippen LogP contribution in [-0.2, 0) is 16.1 Å². The number of nitrogen functional groups attached to an aromatic ring is 1. The van der Waals surface area contributed by atoms with E-state index in [0.29, 0.717) is 0 Å². The Morgan fingerprint density at radius 1 is 1.32 bits per heavy atom. The molecule has 1 aliphatic heterocycles. The summed E-state index contributed by atoms with van der Waals surface area (Å²) in [5.41, 5.74) is 8.31. The number of anilines is 1. The summed E-state index contributed by atoms with van der Waals surface area (Å²) >= 11 is 0. The summed E-state index contributed by atoms with van der Waals surface area (Å²) < 4.78 is 6.85. The summed E-state index contributed by atoms with van der Waals surface area (Å²) in [5, 5.41) is 29.2. The molecule has 8 N–H and O–H groups in total. The number of aliphatic hydroxyl groups is 3. The lowest BCUT2D eigenvalue weighted by atomic mass is 10.1. The van der Waals surface area contributed by atoms with Crippen molar-refractivity contribution in [2.24, 2.45) is 5.73 Å². The molecule has 0 radical (unpaired) electrons. The van der Waals surface area contributed by atoms with Crippen molar-refractivity contribution in [1.82, 2.24) is 19.1 Å². The molecule has 0 spiro atoms. The molecular formula is C12H16N6O7. The molecule has 1 amide bonds. The van der Waals surface area contributed by atoms with Gasteiger partial charge in [0.15, 0.2) is 17.4 Å². The average Bonchev–Trinajstić information content (AvgIpc) is 2.95. The molecule has 3 rings (SSSR count). The zero-order chi connectivity index (χ0) is 18.5. The number of fused-ring (bicyclic) bond motifs is 1. The van der Waals surface area contributed by atoms with Crippen molar-refractivity contribution in [3.63, 3.8) is 0 Å². The van der Waals surface area contributed by atoms with Crippen LogP contribution >= 0.6 is 0 Å². The number of hydrogen-bond acceptors (Lipinski definition) is 9. The third-order valence-electron chi connectivity index (χ3n) is 3.92. The van der Waals surface area contributed by atoms with Crippen molar-refractivity contribution in [2.45, 2.75) is 31.1 Å². The van der Waals surface area contributed by atoms with Gasteiger partial charge in [0, 0.05) is 0 Å². The zero-order valence-electron chi connectivity index (χ0n) is 12.7. The van der Waals surface area contributed by atoms with E-state index in [1.807, 2.05) is 0 Å². The fourth-order valence-electron chi connectivity index (χ4n) is 2.82. The van der Waals surface area contributed by atoms with Gasteiger partial charge in [0.2, 0.25) is 11.9 Å². The number of rotatable bonds is 4.